The van der Waals surface area contributed by atoms with Crippen LogP contribution in [-0.2, 0) is 0 Å². The minimum atomic E-state index is 0.814. The predicted octanol–water partition coefficient (Wildman–Crippen LogP) is 8.34. The molecule has 0 atom stereocenters. The molecule has 26 heavy (non-hydrogen) atoms. The third-order valence-corrected chi connectivity index (χ3v) is 8.33. The molecule has 0 amide bonds. The molecule has 3 saturated carbocycles. The molecule has 0 N–H and O–H groups in total. The van der Waals surface area contributed by atoms with Gasteiger partial charge in [-0.2, -0.15) is 0 Å². The van der Waals surface area contributed by atoms with Crippen molar-refractivity contribution < 1.29 is 0 Å². The van der Waals surface area contributed by atoms with Gasteiger partial charge in [0.05, 0.1) is 0 Å². The molecule has 0 heteroatoms. The van der Waals surface area contributed by atoms with Crippen LogP contribution in [0, 0.1) is 35.5 Å². The van der Waals surface area contributed by atoms with E-state index in [9.17, 15) is 0 Å². The zero-order chi connectivity index (χ0) is 18.2. The van der Waals surface area contributed by atoms with Crippen molar-refractivity contribution in [3.05, 3.63) is 24.8 Å². The Morgan fingerprint density at radius 3 is 1.81 bits per heavy atom. The van der Waals surface area contributed by atoms with Crippen LogP contribution in [0.5, 0.6) is 0 Å². The fraction of sp³-hybridized carbons (Fsp3) is 0.846. The van der Waals surface area contributed by atoms with Crippen molar-refractivity contribution in [3.63, 3.8) is 0 Å². The lowest BCUT2D eigenvalue weighted by atomic mass is 9.69. The van der Waals surface area contributed by atoms with E-state index in [0.717, 1.165) is 35.5 Å². The second kappa shape index (κ2) is 10.7. The Balaban J connectivity index is 1.28. The first kappa shape index (κ1) is 20.2. The van der Waals surface area contributed by atoms with Gasteiger partial charge in [0.1, 0.15) is 0 Å². The molecule has 3 aliphatic carbocycles. The van der Waals surface area contributed by atoms with E-state index in [1.807, 2.05) is 0 Å². The molecule has 0 aromatic carbocycles. The lowest BCUT2D eigenvalue weighted by Crippen LogP contribution is -2.25. The monoisotopic (exact) mass is 356 g/mol. The van der Waals surface area contributed by atoms with Crippen LogP contribution < -0.4 is 0 Å². The smallest absolute Gasteiger partial charge is 0.0233 e. The molecule has 0 aliphatic heterocycles. The van der Waals surface area contributed by atoms with Crippen LogP contribution >= 0.6 is 0 Å². The molecule has 0 radical (unpaired) electrons. The minimum absolute atomic E-state index is 0.814. The molecule has 0 saturated heterocycles. The fourth-order valence-electron chi connectivity index (χ4n) is 6.21. The average Bonchev–Trinajstić information content (AvgIpc) is 2.72. The van der Waals surface area contributed by atoms with E-state index < -0.39 is 0 Å². The summed E-state index contributed by atoms with van der Waals surface area (Å²) in [4.78, 5) is 0. The molecule has 0 spiro atoms. The van der Waals surface area contributed by atoms with E-state index in [4.69, 9.17) is 0 Å². The van der Waals surface area contributed by atoms with Crippen LogP contribution in [-0.4, -0.2) is 0 Å². The number of rotatable bonds is 7. The van der Waals surface area contributed by atoms with Gasteiger partial charge in [-0.05, 0) is 113 Å². The third kappa shape index (κ3) is 6.00. The Hall–Kier alpha value is -0.520. The van der Waals surface area contributed by atoms with E-state index in [-0.39, 0.29) is 0 Å². The summed E-state index contributed by atoms with van der Waals surface area (Å²) in [7, 11) is 0. The van der Waals surface area contributed by atoms with E-state index >= 15 is 0 Å². The maximum atomic E-state index is 3.97. The van der Waals surface area contributed by atoms with Crippen LogP contribution in [0.15, 0.2) is 24.8 Å². The molecule has 0 bridgehead atoms. The van der Waals surface area contributed by atoms with Gasteiger partial charge in [-0.25, -0.2) is 0 Å². The Morgan fingerprint density at radius 1 is 0.692 bits per heavy atom. The van der Waals surface area contributed by atoms with Gasteiger partial charge >= 0.3 is 0 Å². The zero-order valence-electron chi connectivity index (χ0n) is 17.5. The van der Waals surface area contributed by atoms with Gasteiger partial charge in [-0.3, -0.25) is 0 Å². The lowest BCUT2D eigenvalue weighted by molar-refractivity contribution is 0.154. The molecule has 0 nitrogen and oxygen atoms in total. The maximum Gasteiger partial charge on any atom is -0.0233 e. The van der Waals surface area contributed by atoms with Crippen LogP contribution in [0.2, 0.25) is 0 Å². The summed E-state index contributed by atoms with van der Waals surface area (Å²) in [5.41, 5.74) is 0. The highest BCUT2D eigenvalue weighted by Gasteiger charge is 2.29. The van der Waals surface area contributed by atoms with Crippen LogP contribution in [0.1, 0.15) is 103 Å². The highest BCUT2D eigenvalue weighted by atomic mass is 14.3. The van der Waals surface area contributed by atoms with Gasteiger partial charge < -0.3 is 0 Å². The van der Waals surface area contributed by atoms with Crippen molar-refractivity contribution in [2.75, 3.05) is 0 Å². The second-order valence-corrected chi connectivity index (χ2v) is 9.89. The van der Waals surface area contributed by atoms with Crippen LogP contribution in [0.25, 0.3) is 0 Å². The Labute approximate surface area is 163 Å². The molecule has 0 aromatic rings. The minimum Gasteiger partial charge on any atom is -0.103 e. The molecule has 3 fully saturated rings. The molecule has 148 valence electrons. The topological polar surface area (TPSA) is 0 Å². The van der Waals surface area contributed by atoms with Gasteiger partial charge in [-0.1, -0.05) is 44.4 Å². The van der Waals surface area contributed by atoms with E-state index in [1.54, 1.807) is 0 Å². The number of hydrogen-bond acceptors (Lipinski definition) is 0. The average molecular weight is 357 g/mol. The summed E-state index contributed by atoms with van der Waals surface area (Å²) in [6.45, 7) is 6.35. The molecule has 0 heterocycles. The first-order chi connectivity index (χ1) is 12.8. The Morgan fingerprint density at radius 2 is 1.23 bits per heavy atom. The molecule has 3 aliphatic rings. The zero-order valence-corrected chi connectivity index (χ0v) is 17.5. The quantitative estimate of drug-likeness (QED) is 0.402. The van der Waals surface area contributed by atoms with Gasteiger partial charge in [0, 0.05) is 0 Å². The van der Waals surface area contributed by atoms with E-state index in [0.29, 0.717) is 0 Å². The normalized spacial score (nSPS) is 39.1. The van der Waals surface area contributed by atoms with Crippen molar-refractivity contribution in [3.8, 4) is 0 Å². The summed E-state index contributed by atoms with van der Waals surface area (Å²) in [6.07, 6.45) is 29.2. The highest BCUT2D eigenvalue weighted by Crippen LogP contribution is 2.42. The molecular formula is C26H44. The van der Waals surface area contributed by atoms with Crippen molar-refractivity contribution in [2.24, 2.45) is 35.5 Å². The standard InChI is InChI=1S/C26H44/c1-3-21-9-11-23(12-10-21)7-5-6-8-24-15-19-26(20-16-24)25-17-13-22(4-2)14-18-25/h3,6,8,21-26H,1,4-5,7,9-20H2,2H3/b8-6+. The van der Waals surface area contributed by atoms with Crippen LogP contribution in [0.4, 0.5) is 0 Å². The summed E-state index contributed by atoms with van der Waals surface area (Å²) in [5, 5.41) is 0. The van der Waals surface area contributed by atoms with Crippen LogP contribution in [0.3, 0.4) is 0 Å². The first-order valence-electron chi connectivity index (χ1n) is 12.1. The number of allylic oxidation sites excluding steroid dienone is 3. The lowest BCUT2D eigenvalue weighted by Gasteiger charge is -2.37. The van der Waals surface area contributed by atoms with Gasteiger partial charge in [-0.15, -0.1) is 6.58 Å². The first-order valence-corrected chi connectivity index (χ1v) is 12.1. The fourth-order valence-corrected chi connectivity index (χ4v) is 6.21. The van der Waals surface area contributed by atoms with Crippen molar-refractivity contribution in [1.82, 2.24) is 0 Å². The molecular weight excluding hydrogens is 312 g/mol. The number of hydrogen-bond donors (Lipinski definition) is 0. The summed E-state index contributed by atoms with van der Waals surface area (Å²) in [5.74, 6) is 5.90. The highest BCUT2D eigenvalue weighted by molar-refractivity contribution is 4.93. The van der Waals surface area contributed by atoms with Gasteiger partial charge in [0.2, 0.25) is 0 Å². The summed E-state index contributed by atoms with van der Waals surface area (Å²) >= 11 is 0. The largest absolute Gasteiger partial charge is 0.103 e. The maximum absolute atomic E-state index is 3.97. The molecule has 3 rings (SSSR count). The SMILES string of the molecule is C=CC1CCC(CC/C=C/C2CCC(C3CCC(CC)CC3)CC2)CC1. The molecule has 0 unspecified atom stereocenters. The Bertz CT molecular complexity index is 409. The summed E-state index contributed by atoms with van der Waals surface area (Å²) < 4.78 is 0. The molecule has 0 aromatic heterocycles. The Kier molecular flexibility index (Phi) is 8.34. The van der Waals surface area contributed by atoms with Gasteiger partial charge in [0.15, 0.2) is 0 Å². The predicted molar refractivity (Wildman–Crippen MR) is 115 cm³/mol. The summed E-state index contributed by atoms with van der Waals surface area (Å²) in [6, 6.07) is 0. The van der Waals surface area contributed by atoms with E-state index in [2.05, 4.69) is 31.7 Å². The van der Waals surface area contributed by atoms with E-state index in [1.165, 1.54) is 96.3 Å². The van der Waals surface area contributed by atoms with Crippen molar-refractivity contribution >= 4 is 0 Å². The van der Waals surface area contributed by atoms with Crippen molar-refractivity contribution in [2.45, 2.75) is 103 Å². The van der Waals surface area contributed by atoms with Crippen molar-refractivity contribution in [1.29, 1.82) is 0 Å². The van der Waals surface area contributed by atoms with Gasteiger partial charge in [0.25, 0.3) is 0 Å². The third-order valence-electron chi connectivity index (χ3n) is 8.33. The second-order valence-electron chi connectivity index (χ2n) is 9.89.